The Bertz CT molecular complexity index is 718. The molecule has 2 aromatic rings. The van der Waals surface area contributed by atoms with E-state index >= 15 is 0 Å². The number of sulfonamides is 1. The molecule has 1 atom stereocenters. The average molecular weight is 363 g/mol. The van der Waals surface area contributed by atoms with Crippen LogP contribution in [-0.4, -0.2) is 18.6 Å². The van der Waals surface area contributed by atoms with Crippen LogP contribution in [0, 0.1) is 5.82 Å². The van der Waals surface area contributed by atoms with Crippen LogP contribution < -0.4 is 10.5 Å². The Labute approximate surface area is 123 Å². The molecule has 1 aromatic heterocycles. The van der Waals surface area contributed by atoms with E-state index < -0.39 is 21.9 Å². The molecule has 1 aromatic carbocycles. The van der Waals surface area contributed by atoms with Gasteiger partial charge in [0.15, 0.2) is 0 Å². The van der Waals surface area contributed by atoms with Gasteiger partial charge in [0, 0.05) is 17.8 Å². The van der Waals surface area contributed by atoms with Crippen molar-refractivity contribution in [2.24, 2.45) is 0 Å². The van der Waals surface area contributed by atoms with Gasteiger partial charge in [0.2, 0.25) is 10.0 Å². The summed E-state index contributed by atoms with van der Waals surface area (Å²) >= 11 is 2.94. The molecule has 0 saturated heterocycles. The highest BCUT2D eigenvalue weighted by Gasteiger charge is 2.22. The molecule has 0 saturated carbocycles. The molecule has 0 spiro atoms. The van der Waals surface area contributed by atoms with Crippen molar-refractivity contribution in [3.8, 4) is 0 Å². The van der Waals surface area contributed by atoms with Crippen molar-refractivity contribution in [1.82, 2.24) is 14.9 Å². The van der Waals surface area contributed by atoms with Gasteiger partial charge in [-0.1, -0.05) is 0 Å². The van der Waals surface area contributed by atoms with Crippen molar-refractivity contribution in [3.05, 3.63) is 40.4 Å². The molecule has 0 fully saturated rings. The molecule has 1 unspecified atom stereocenters. The number of H-pyrrole nitrogens is 1. The van der Waals surface area contributed by atoms with E-state index in [1.807, 2.05) is 0 Å². The molecule has 0 amide bonds. The van der Waals surface area contributed by atoms with E-state index in [0.717, 1.165) is 12.1 Å². The van der Waals surface area contributed by atoms with Crippen molar-refractivity contribution in [2.75, 3.05) is 5.73 Å². The number of aromatic nitrogens is 2. The first kappa shape index (κ1) is 14.9. The number of rotatable bonds is 4. The third-order valence-corrected chi connectivity index (χ3v) is 4.90. The summed E-state index contributed by atoms with van der Waals surface area (Å²) in [5, 5.41) is 6.35. The van der Waals surface area contributed by atoms with Crippen LogP contribution in [-0.2, 0) is 10.0 Å². The molecule has 6 nitrogen and oxygen atoms in total. The lowest BCUT2D eigenvalue weighted by atomic mass is 10.2. The third-order valence-electron chi connectivity index (χ3n) is 2.69. The maximum atomic E-state index is 13.3. The smallest absolute Gasteiger partial charge is 0.243 e. The van der Waals surface area contributed by atoms with Gasteiger partial charge in [-0.15, -0.1) is 0 Å². The van der Waals surface area contributed by atoms with Crippen LogP contribution in [0.1, 0.15) is 18.5 Å². The van der Waals surface area contributed by atoms with Crippen LogP contribution in [0.15, 0.2) is 33.9 Å². The standard InChI is InChI=1S/C11H12BrFN4O2S/c1-6(7-4-15-16-5-7)17-20(18,19)11-2-8(12)9(13)3-10(11)14/h2-6,17H,14H2,1H3,(H,15,16). The van der Waals surface area contributed by atoms with Gasteiger partial charge in [-0.05, 0) is 35.0 Å². The number of nitrogens with one attached hydrogen (secondary N) is 2. The zero-order valence-electron chi connectivity index (χ0n) is 10.4. The molecular formula is C11H12BrFN4O2S. The lowest BCUT2D eigenvalue weighted by Gasteiger charge is -2.14. The summed E-state index contributed by atoms with van der Waals surface area (Å²) in [7, 11) is -3.87. The van der Waals surface area contributed by atoms with E-state index in [9.17, 15) is 12.8 Å². The minimum atomic E-state index is -3.87. The second-order valence-electron chi connectivity index (χ2n) is 4.18. The zero-order chi connectivity index (χ0) is 14.9. The number of nitrogens with two attached hydrogens (primary N) is 1. The Morgan fingerprint density at radius 1 is 1.50 bits per heavy atom. The molecule has 0 bridgehead atoms. The number of benzene rings is 1. The predicted octanol–water partition coefficient (Wildman–Crippen LogP) is 1.93. The van der Waals surface area contributed by atoms with E-state index in [4.69, 9.17) is 5.73 Å². The number of aromatic amines is 1. The first-order chi connectivity index (χ1) is 9.31. The van der Waals surface area contributed by atoms with E-state index in [2.05, 4.69) is 30.8 Å². The second-order valence-corrected chi connectivity index (χ2v) is 6.72. The summed E-state index contributed by atoms with van der Waals surface area (Å²) in [6.07, 6.45) is 3.09. The summed E-state index contributed by atoms with van der Waals surface area (Å²) in [6, 6.07) is 1.60. The van der Waals surface area contributed by atoms with Gasteiger partial charge in [0.25, 0.3) is 0 Å². The second kappa shape index (κ2) is 5.51. The monoisotopic (exact) mass is 362 g/mol. The van der Waals surface area contributed by atoms with Crippen LogP contribution in [0.25, 0.3) is 0 Å². The topological polar surface area (TPSA) is 101 Å². The van der Waals surface area contributed by atoms with E-state index in [-0.39, 0.29) is 15.1 Å². The Kier molecular flexibility index (Phi) is 4.11. The average Bonchev–Trinajstić information content (AvgIpc) is 2.86. The predicted molar refractivity (Wildman–Crippen MR) is 75.8 cm³/mol. The van der Waals surface area contributed by atoms with Crippen LogP contribution in [0.3, 0.4) is 0 Å². The minimum absolute atomic E-state index is 0.0306. The highest BCUT2D eigenvalue weighted by molar-refractivity contribution is 9.10. The number of hydrogen-bond acceptors (Lipinski definition) is 4. The molecule has 108 valence electrons. The first-order valence-electron chi connectivity index (χ1n) is 5.57. The number of nitrogen functional groups attached to an aromatic ring is 1. The SMILES string of the molecule is CC(NS(=O)(=O)c1cc(Br)c(F)cc1N)c1cn[nH]c1. The van der Waals surface area contributed by atoms with Crippen molar-refractivity contribution in [3.63, 3.8) is 0 Å². The fourth-order valence-electron chi connectivity index (χ4n) is 1.64. The van der Waals surface area contributed by atoms with E-state index in [1.165, 1.54) is 6.20 Å². The molecule has 20 heavy (non-hydrogen) atoms. The molecular weight excluding hydrogens is 351 g/mol. The van der Waals surface area contributed by atoms with Crippen LogP contribution >= 0.6 is 15.9 Å². The van der Waals surface area contributed by atoms with Gasteiger partial charge in [0.05, 0.1) is 16.4 Å². The highest BCUT2D eigenvalue weighted by atomic mass is 79.9. The van der Waals surface area contributed by atoms with Crippen LogP contribution in [0.4, 0.5) is 10.1 Å². The Morgan fingerprint density at radius 3 is 2.80 bits per heavy atom. The summed E-state index contributed by atoms with van der Waals surface area (Å²) in [6.45, 7) is 1.66. The maximum Gasteiger partial charge on any atom is 0.243 e. The third kappa shape index (κ3) is 3.00. The summed E-state index contributed by atoms with van der Waals surface area (Å²) in [5.41, 5.74) is 6.09. The quantitative estimate of drug-likeness (QED) is 0.723. The Balaban J connectivity index is 2.34. The summed E-state index contributed by atoms with van der Waals surface area (Å²) in [4.78, 5) is -0.180. The first-order valence-corrected chi connectivity index (χ1v) is 7.84. The number of nitrogens with zero attached hydrogens (tertiary/aromatic N) is 1. The molecule has 2 rings (SSSR count). The van der Waals surface area contributed by atoms with E-state index in [1.54, 1.807) is 13.1 Å². The van der Waals surface area contributed by atoms with Crippen molar-refractivity contribution in [2.45, 2.75) is 17.9 Å². The van der Waals surface area contributed by atoms with Crippen LogP contribution in [0.5, 0.6) is 0 Å². The fraction of sp³-hybridized carbons (Fsp3) is 0.182. The molecule has 0 aliphatic carbocycles. The molecule has 9 heteroatoms. The highest BCUT2D eigenvalue weighted by Crippen LogP contribution is 2.27. The molecule has 0 radical (unpaired) electrons. The Morgan fingerprint density at radius 2 is 2.20 bits per heavy atom. The molecule has 1 heterocycles. The lowest BCUT2D eigenvalue weighted by molar-refractivity contribution is 0.566. The maximum absolute atomic E-state index is 13.3. The number of halogens is 2. The number of hydrogen-bond donors (Lipinski definition) is 3. The number of anilines is 1. The lowest BCUT2D eigenvalue weighted by Crippen LogP contribution is -2.27. The molecule has 0 aliphatic heterocycles. The summed E-state index contributed by atoms with van der Waals surface area (Å²) < 4.78 is 40.3. The van der Waals surface area contributed by atoms with Crippen LogP contribution in [0.2, 0.25) is 0 Å². The zero-order valence-corrected chi connectivity index (χ0v) is 12.8. The van der Waals surface area contributed by atoms with Gasteiger partial charge in [-0.2, -0.15) is 5.10 Å². The van der Waals surface area contributed by atoms with E-state index in [0.29, 0.717) is 5.56 Å². The van der Waals surface area contributed by atoms with Gasteiger partial charge >= 0.3 is 0 Å². The van der Waals surface area contributed by atoms with Crippen molar-refractivity contribution in [1.29, 1.82) is 0 Å². The van der Waals surface area contributed by atoms with Gasteiger partial charge in [-0.25, -0.2) is 17.5 Å². The Hall–Kier alpha value is -1.45. The minimum Gasteiger partial charge on any atom is -0.398 e. The van der Waals surface area contributed by atoms with Gasteiger partial charge < -0.3 is 5.73 Å². The van der Waals surface area contributed by atoms with Crippen molar-refractivity contribution >= 4 is 31.6 Å². The summed E-state index contributed by atoms with van der Waals surface area (Å²) in [5.74, 6) is -0.621. The molecule has 0 aliphatic rings. The fourth-order valence-corrected chi connectivity index (χ4v) is 3.50. The normalized spacial score (nSPS) is 13.3. The van der Waals surface area contributed by atoms with Crippen molar-refractivity contribution < 1.29 is 12.8 Å². The largest absolute Gasteiger partial charge is 0.398 e. The van der Waals surface area contributed by atoms with Gasteiger partial charge in [0.1, 0.15) is 10.7 Å². The van der Waals surface area contributed by atoms with Gasteiger partial charge in [-0.3, -0.25) is 5.10 Å². The molecule has 4 N–H and O–H groups in total.